The Labute approximate surface area is 190 Å². The third-order valence-corrected chi connectivity index (χ3v) is 7.17. The summed E-state index contributed by atoms with van der Waals surface area (Å²) in [7, 11) is 0. The van der Waals surface area contributed by atoms with Crippen LogP contribution in [-0.2, 0) is 10.5 Å². The zero-order valence-electron chi connectivity index (χ0n) is 18.6. The van der Waals surface area contributed by atoms with Crippen LogP contribution in [0.2, 0.25) is 0 Å². The second-order valence-electron chi connectivity index (χ2n) is 7.84. The highest BCUT2D eigenvalue weighted by atomic mass is 32.2. The molecule has 0 fully saturated rings. The van der Waals surface area contributed by atoms with Crippen molar-refractivity contribution in [1.29, 1.82) is 0 Å². The van der Waals surface area contributed by atoms with Gasteiger partial charge in [-0.1, -0.05) is 17.7 Å². The van der Waals surface area contributed by atoms with Gasteiger partial charge >= 0.3 is 0 Å². The molecule has 0 aliphatic heterocycles. The van der Waals surface area contributed by atoms with E-state index in [2.05, 4.69) is 47.3 Å². The van der Waals surface area contributed by atoms with E-state index >= 15 is 0 Å². The second kappa shape index (κ2) is 10.4. The molecular formula is C23H29N3O3S2. The minimum absolute atomic E-state index is 0.171. The van der Waals surface area contributed by atoms with E-state index in [9.17, 15) is 9.59 Å². The Bertz CT molecular complexity index is 1140. The topological polar surface area (TPSA) is 84.1 Å². The third kappa shape index (κ3) is 5.96. The van der Waals surface area contributed by atoms with E-state index in [4.69, 9.17) is 4.74 Å². The minimum Gasteiger partial charge on any atom is -0.379 e. The fraction of sp³-hybridized carbons (Fsp3) is 0.435. The van der Waals surface area contributed by atoms with Gasteiger partial charge in [-0.25, -0.2) is 4.98 Å². The van der Waals surface area contributed by atoms with Crippen LogP contribution in [0.3, 0.4) is 0 Å². The summed E-state index contributed by atoms with van der Waals surface area (Å²) in [5.74, 6) is 1.00. The van der Waals surface area contributed by atoms with Gasteiger partial charge in [0.25, 0.3) is 11.5 Å². The lowest BCUT2D eigenvalue weighted by Crippen LogP contribution is -2.25. The van der Waals surface area contributed by atoms with E-state index < -0.39 is 0 Å². The van der Waals surface area contributed by atoms with Crippen molar-refractivity contribution in [3.63, 3.8) is 0 Å². The molecule has 0 aliphatic carbocycles. The molecule has 0 saturated heterocycles. The number of rotatable bonds is 9. The molecule has 0 radical (unpaired) electrons. The molecule has 3 rings (SSSR count). The van der Waals surface area contributed by atoms with Crippen molar-refractivity contribution >= 4 is 39.2 Å². The van der Waals surface area contributed by atoms with Crippen LogP contribution in [0.4, 0.5) is 0 Å². The summed E-state index contributed by atoms with van der Waals surface area (Å²) in [6.07, 6.45) is 0.924. The average molecular weight is 460 g/mol. The van der Waals surface area contributed by atoms with Crippen LogP contribution in [0.5, 0.6) is 0 Å². The maximum atomic E-state index is 12.7. The number of hydrogen-bond donors (Lipinski definition) is 2. The molecule has 2 heterocycles. The maximum Gasteiger partial charge on any atom is 0.261 e. The molecule has 0 spiro atoms. The van der Waals surface area contributed by atoms with Gasteiger partial charge in [-0.2, -0.15) is 0 Å². The largest absolute Gasteiger partial charge is 0.379 e. The van der Waals surface area contributed by atoms with Gasteiger partial charge in [0.15, 0.2) is 0 Å². The number of thiophene rings is 1. The molecule has 0 atom stereocenters. The molecule has 0 saturated carbocycles. The number of fused-ring (bicyclic) bond motifs is 1. The van der Waals surface area contributed by atoms with Crippen molar-refractivity contribution in [2.24, 2.45) is 0 Å². The fourth-order valence-electron chi connectivity index (χ4n) is 3.16. The first-order valence-corrected chi connectivity index (χ1v) is 12.2. The van der Waals surface area contributed by atoms with Crippen molar-refractivity contribution in [3.8, 4) is 0 Å². The maximum absolute atomic E-state index is 12.7. The van der Waals surface area contributed by atoms with E-state index in [1.807, 2.05) is 13.8 Å². The normalized spacial score (nSPS) is 11.4. The minimum atomic E-state index is -0.195. The summed E-state index contributed by atoms with van der Waals surface area (Å²) in [4.78, 5) is 35.2. The van der Waals surface area contributed by atoms with E-state index in [1.54, 1.807) is 18.7 Å². The predicted octanol–water partition coefficient (Wildman–Crippen LogP) is 4.75. The number of ether oxygens (including phenoxy) is 1. The molecule has 3 aromatic rings. The van der Waals surface area contributed by atoms with Crippen molar-refractivity contribution in [1.82, 2.24) is 15.3 Å². The Hall–Kier alpha value is -2.16. The molecule has 2 N–H and O–H groups in total. The molecule has 0 aliphatic rings. The number of benzene rings is 1. The first-order chi connectivity index (χ1) is 14.8. The van der Waals surface area contributed by atoms with Crippen molar-refractivity contribution in [2.45, 2.75) is 57.8 Å². The fourth-order valence-corrected chi connectivity index (χ4v) is 5.27. The summed E-state index contributed by atoms with van der Waals surface area (Å²) < 4.78 is 5.49. The lowest BCUT2D eigenvalue weighted by atomic mass is 10.2. The smallest absolute Gasteiger partial charge is 0.261 e. The number of amides is 1. The summed E-state index contributed by atoms with van der Waals surface area (Å²) in [6, 6.07) is 6.32. The Morgan fingerprint density at radius 3 is 2.81 bits per heavy atom. The van der Waals surface area contributed by atoms with Gasteiger partial charge in [0.1, 0.15) is 10.7 Å². The first-order valence-electron chi connectivity index (χ1n) is 10.4. The van der Waals surface area contributed by atoms with Crippen LogP contribution in [0, 0.1) is 20.8 Å². The van der Waals surface area contributed by atoms with Gasteiger partial charge in [0.05, 0.1) is 22.1 Å². The average Bonchev–Trinajstić information content (AvgIpc) is 3.05. The van der Waals surface area contributed by atoms with Gasteiger partial charge in [0, 0.05) is 18.0 Å². The Kier molecular flexibility index (Phi) is 7.91. The monoisotopic (exact) mass is 459 g/mol. The van der Waals surface area contributed by atoms with Crippen LogP contribution < -0.4 is 10.9 Å². The van der Waals surface area contributed by atoms with Gasteiger partial charge in [-0.05, 0) is 58.2 Å². The van der Waals surface area contributed by atoms with Gasteiger partial charge in [0.2, 0.25) is 0 Å². The Morgan fingerprint density at radius 1 is 1.29 bits per heavy atom. The number of hydrogen-bond acceptors (Lipinski definition) is 6. The Morgan fingerprint density at radius 2 is 2.06 bits per heavy atom. The van der Waals surface area contributed by atoms with Crippen molar-refractivity contribution in [3.05, 3.63) is 55.9 Å². The third-order valence-electron chi connectivity index (χ3n) is 4.82. The molecule has 2 aromatic heterocycles. The SMILES string of the molecule is Cc1ccc(C)c(SCc2nc3sc(C(=O)NCCCOC(C)C)c(C)c3c(=O)[nH]2)c1. The van der Waals surface area contributed by atoms with E-state index in [1.165, 1.54) is 27.4 Å². The second-order valence-corrected chi connectivity index (χ2v) is 9.85. The van der Waals surface area contributed by atoms with E-state index in [0.29, 0.717) is 45.4 Å². The van der Waals surface area contributed by atoms with Crippen LogP contribution >= 0.6 is 23.1 Å². The summed E-state index contributed by atoms with van der Waals surface area (Å²) in [5.41, 5.74) is 2.88. The molecule has 1 aromatic carbocycles. The zero-order chi connectivity index (χ0) is 22.5. The highest BCUT2D eigenvalue weighted by Gasteiger charge is 2.19. The molecule has 0 unspecified atom stereocenters. The van der Waals surface area contributed by atoms with Gasteiger partial charge < -0.3 is 15.0 Å². The number of carbonyl (C=O) groups excluding carboxylic acids is 1. The Balaban J connectivity index is 1.72. The van der Waals surface area contributed by atoms with Crippen molar-refractivity contribution in [2.75, 3.05) is 13.2 Å². The summed E-state index contributed by atoms with van der Waals surface area (Å²) >= 11 is 2.92. The molecule has 8 heteroatoms. The van der Waals surface area contributed by atoms with E-state index in [-0.39, 0.29) is 17.6 Å². The lowest BCUT2D eigenvalue weighted by molar-refractivity contribution is 0.0757. The molecule has 0 bridgehead atoms. The van der Waals surface area contributed by atoms with Crippen LogP contribution in [0.15, 0.2) is 27.9 Å². The quantitative estimate of drug-likeness (QED) is 0.356. The van der Waals surface area contributed by atoms with Crippen LogP contribution in [0.1, 0.15) is 52.5 Å². The summed E-state index contributed by atoms with van der Waals surface area (Å²) in [6.45, 7) is 11.0. The number of thioether (sulfide) groups is 1. The van der Waals surface area contributed by atoms with Gasteiger partial charge in [-0.15, -0.1) is 23.1 Å². The number of carbonyl (C=O) groups is 1. The molecule has 1 amide bonds. The first kappa shape index (κ1) is 23.5. The summed E-state index contributed by atoms with van der Waals surface area (Å²) in [5, 5.41) is 3.41. The molecular weight excluding hydrogens is 430 g/mol. The molecule has 31 heavy (non-hydrogen) atoms. The predicted molar refractivity (Wildman–Crippen MR) is 128 cm³/mol. The van der Waals surface area contributed by atoms with Crippen LogP contribution in [-0.4, -0.2) is 35.1 Å². The number of aromatic amines is 1. The molecule has 6 nitrogen and oxygen atoms in total. The van der Waals surface area contributed by atoms with Crippen molar-refractivity contribution < 1.29 is 9.53 Å². The number of aryl methyl sites for hydroxylation is 3. The number of nitrogens with one attached hydrogen (secondary N) is 2. The highest BCUT2D eigenvalue weighted by molar-refractivity contribution is 7.98. The number of aromatic nitrogens is 2. The number of H-pyrrole nitrogens is 1. The number of nitrogens with zero attached hydrogens (tertiary/aromatic N) is 1. The van der Waals surface area contributed by atoms with Crippen LogP contribution in [0.25, 0.3) is 10.2 Å². The lowest BCUT2D eigenvalue weighted by Gasteiger charge is -2.08. The van der Waals surface area contributed by atoms with E-state index in [0.717, 1.165) is 6.42 Å². The standard InChI is InChI=1S/C23H29N3O3S2/c1-13(2)29-10-6-9-24-22(28)20-16(5)19-21(27)25-18(26-23(19)31-20)12-30-17-11-14(3)7-8-15(17)4/h7-8,11,13H,6,9-10,12H2,1-5H3,(H,24,28)(H,25,26,27). The molecule has 166 valence electrons. The highest BCUT2D eigenvalue weighted by Crippen LogP contribution is 2.29. The zero-order valence-corrected chi connectivity index (χ0v) is 20.3. The van der Waals surface area contributed by atoms with Gasteiger partial charge in [-0.3, -0.25) is 9.59 Å².